The SMILES string of the molecule is Cc1[nH]ncc1CNC(=O)Nc1cccc(F)c1C(=O)O. The summed E-state index contributed by atoms with van der Waals surface area (Å²) in [5, 5.41) is 20.3. The molecule has 0 aliphatic rings. The van der Waals surface area contributed by atoms with Crippen LogP contribution in [0.4, 0.5) is 14.9 Å². The third-order valence-electron chi connectivity index (χ3n) is 2.85. The van der Waals surface area contributed by atoms with Crippen molar-refractivity contribution < 1.29 is 19.1 Å². The molecule has 0 fully saturated rings. The van der Waals surface area contributed by atoms with Crippen molar-refractivity contribution in [3.8, 4) is 0 Å². The van der Waals surface area contributed by atoms with Crippen LogP contribution in [0.1, 0.15) is 21.6 Å². The fraction of sp³-hybridized carbons (Fsp3) is 0.154. The van der Waals surface area contributed by atoms with Crippen LogP contribution in [0.5, 0.6) is 0 Å². The molecule has 1 aromatic carbocycles. The first-order valence-electron chi connectivity index (χ1n) is 6.04. The number of amides is 2. The lowest BCUT2D eigenvalue weighted by molar-refractivity contribution is 0.0693. The lowest BCUT2D eigenvalue weighted by atomic mass is 10.1. The summed E-state index contributed by atoms with van der Waals surface area (Å²) in [6.07, 6.45) is 1.57. The lowest BCUT2D eigenvalue weighted by Gasteiger charge is -2.10. The first-order chi connectivity index (χ1) is 9.99. The van der Waals surface area contributed by atoms with Gasteiger partial charge in [0, 0.05) is 17.8 Å². The van der Waals surface area contributed by atoms with E-state index in [-0.39, 0.29) is 12.2 Å². The van der Waals surface area contributed by atoms with Crippen molar-refractivity contribution in [1.82, 2.24) is 15.5 Å². The van der Waals surface area contributed by atoms with Crippen LogP contribution in [-0.4, -0.2) is 27.3 Å². The largest absolute Gasteiger partial charge is 0.478 e. The van der Waals surface area contributed by atoms with Gasteiger partial charge in [-0.05, 0) is 19.1 Å². The van der Waals surface area contributed by atoms with Crippen molar-refractivity contribution in [3.63, 3.8) is 0 Å². The van der Waals surface area contributed by atoms with Gasteiger partial charge in [-0.3, -0.25) is 5.10 Å². The summed E-state index contributed by atoms with van der Waals surface area (Å²) in [5.41, 5.74) is 0.922. The molecule has 21 heavy (non-hydrogen) atoms. The van der Waals surface area contributed by atoms with Crippen LogP contribution in [0.3, 0.4) is 0 Å². The van der Waals surface area contributed by atoms with Crippen molar-refractivity contribution in [1.29, 1.82) is 0 Å². The monoisotopic (exact) mass is 292 g/mol. The topological polar surface area (TPSA) is 107 Å². The second kappa shape index (κ2) is 6.04. The van der Waals surface area contributed by atoms with Crippen LogP contribution in [0.2, 0.25) is 0 Å². The molecule has 7 nitrogen and oxygen atoms in total. The highest BCUT2D eigenvalue weighted by Gasteiger charge is 2.17. The van der Waals surface area contributed by atoms with Crippen molar-refractivity contribution in [2.24, 2.45) is 0 Å². The minimum atomic E-state index is -1.45. The number of aromatic carboxylic acids is 1. The zero-order valence-corrected chi connectivity index (χ0v) is 11.1. The molecule has 110 valence electrons. The van der Waals surface area contributed by atoms with Gasteiger partial charge in [-0.1, -0.05) is 6.07 Å². The number of halogens is 1. The molecule has 0 radical (unpaired) electrons. The Morgan fingerprint density at radius 2 is 2.19 bits per heavy atom. The molecule has 0 saturated heterocycles. The number of nitrogens with zero attached hydrogens (tertiary/aromatic N) is 1. The summed E-state index contributed by atoms with van der Waals surface area (Å²) < 4.78 is 13.4. The third kappa shape index (κ3) is 3.35. The molecule has 2 rings (SSSR count). The molecular formula is C13H13FN4O3. The Hall–Kier alpha value is -2.90. The van der Waals surface area contributed by atoms with Crippen LogP contribution in [0.15, 0.2) is 24.4 Å². The van der Waals surface area contributed by atoms with Crippen LogP contribution < -0.4 is 10.6 Å². The second-order valence-corrected chi connectivity index (χ2v) is 4.30. The van der Waals surface area contributed by atoms with Crippen LogP contribution in [0.25, 0.3) is 0 Å². The fourth-order valence-corrected chi connectivity index (χ4v) is 1.74. The molecular weight excluding hydrogens is 279 g/mol. The highest BCUT2D eigenvalue weighted by atomic mass is 19.1. The number of carboxylic acid groups (broad SMARTS) is 1. The number of aromatic nitrogens is 2. The number of hydrogen-bond acceptors (Lipinski definition) is 3. The van der Waals surface area contributed by atoms with E-state index in [4.69, 9.17) is 5.11 Å². The molecule has 0 atom stereocenters. The van der Waals surface area contributed by atoms with Crippen LogP contribution in [0, 0.1) is 12.7 Å². The number of carbonyl (C=O) groups is 2. The van der Waals surface area contributed by atoms with Gasteiger partial charge in [0.15, 0.2) is 0 Å². The number of carbonyl (C=O) groups excluding carboxylic acids is 1. The normalized spacial score (nSPS) is 10.2. The van der Waals surface area contributed by atoms with Gasteiger partial charge in [0.25, 0.3) is 0 Å². The number of hydrogen-bond donors (Lipinski definition) is 4. The van der Waals surface area contributed by atoms with Crippen molar-refractivity contribution >= 4 is 17.7 Å². The second-order valence-electron chi connectivity index (χ2n) is 4.30. The zero-order valence-electron chi connectivity index (χ0n) is 11.1. The predicted octanol–water partition coefficient (Wildman–Crippen LogP) is 1.88. The smallest absolute Gasteiger partial charge is 0.340 e. The summed E-state index contributed by atoms with van der Waals surface area (Å²) in [5.74, 6) is -2.36. The Balaban J connectivity index is 2.05. The Labute approximate surface area is 119 Å². The number of aromatic amines is 1. The molecule has 0 bridgehead atoms. The van der Waals surface area contributed by atoms with E-state index in [0.29, 0.717) is 0 Å². The van der Waals surface area contributed by atoms with Gasteiger partial charge in [0.1, 0.15) is 11.4 Å². The summed E-state index contributed by atoms with van der Waals surface area (Å²) in [6.45, 7) is 2.02. The first kappa shape index (κ1) is 14.5. The standard InChI is InChI=1S/C13H13FN4O3/c1-7-8(6-16-18-7)5-15-13(21)17-10-4-2-3-9(14)11(10)12(19)20/h2-4,6H,5H2,1H3,(H,16,18)(H,19,20)(H2,15,17,21). The first-order valence-corrected chi connectivity index (χ1v) is 6.04. The molecule has 0 saturated carbocycles. The Morgan fingerprint density at radius 1 is 1.43 bits per heavy atom. The molecule has 8 heteroatoms. The minimum absolute atomic E-state index is 0.107. The van der Waals surface area contributed by atoms with E-state index < -0.39 is 23.4 Å². The average molecular weight is 292 g/mol. The molecule has 1 heterocycles. The van der Waals surface area contributed by atoms with E-state index in [2.05, 4.69) is 20.8 Å². The van der Waals surface area contributed by atoms with Gasteiger partial charge in [-0.25, -0.2) is 14.0 Å². The molecule has 1 aromatic heterocycles. The van der Waals surface area contributed by atoms with Gasteiger partial charge >= 0.3 is 12.0 Å². The van der Waals surface area contributed by atoms with Gasteiger partial charge in [0.05, 0.1) is 11.9 Å². The van der Waals surface area contributed by atoms with Gasteiger partial charge in [-0.15, -0.1) is 0 Å². The summed E-state index contributed by atoms with van der Waals surface area (Å²) in [4.78, 5) is 22.7. The van der Waals surface area contributed by atoms with E-state index in [1.165, 1.54) is 12.1 Å². The number of carboxylic acids is 1. The third-order valence-corrected chi connectivity index (χ3v) is 2.85. The minimum Gasteiger partial charge on any atom is -0.478 e. The van der Waals surface area contributed by atoms with Crippen molar-refractivity contribution in [2.75, 3.05) is 5.32 Å². The number of urea groups is 1. The fourth-order valence-electron chi connectivity index (χ4n) is 1.74. The molecule has 0 spiro atoms. The van der Waals surface area contributed by atoms with E-state index in [1.54, 1.807) is 13.1 Å². The quantitative estimate of drug-likeness (QED) is 0.690. The number of nitrogens with one attached hydrogen (secondary N) is 3. The van der Waals surface area contributed by atoms with Gasteiger partial charge in [0.2, 0.25) is 0 Å². The molecule has 4 N–H and O–H groups in total. The highest BCUT2D eigenvalue weighted by molar-refractivity contribution is 6.00. The van der Waals surface area contributed by atoms with E-state index in [1.807, 2.05) is 0 Å². The Kier molecular flexibility index (Phi) is 4.17. The summed E-state index contributed by atoms with van der Waals surface area (Å²) in [6, 6.07) is 3.01. The molecule has 0 aliphatic heterocycles. The van der Waals surface area contributed by atoms with E-state index in [9.17, 15) is 14.0 Å². The molecule has 2 amide bonds. The van der Waals surface area contributed by atoms with E-state index >= 15 is 0 Å². The maximum Gasteiger partial charge on any atom is 0.340 e. The maximum atomic E-state index is 13.4. The number of rotatable bonds is 4. The van der Waals surface area contributed by atoms with Crippen molar-refractivity contribution in [3.05, 3.63) is 47.0 Å². The lowest BCUT2D eigenvalue weighted by Crippen LogP contribution is -2.29. The number of anilines is 1. The number of aryl methyl sites for hydroxylation is 1. The highest BCUT2D eigenvalue weighted by Crippen LogP contribution is 2.18. The van der Waals surface area contributed by atoms with Gasteiger partial charge < -0.3 is 15.7 Å². The van der Waals surface area contributed by atoms with Crippen LogP contribution >= 0.6 is 0 Å². The van der Waals surface area contributed by atoms with Gasteiger partial charge in [-0.2, -0.15) is 5.10 Å². The number of benzene rings is 1. The zero-order chi connectivity index (χ0) is 15.4. The Bertz CT molecular complexity index is 684. The molecule has 0 aliphatic carbocycles. The number of H-pyrrole nitrogens is 1. The predicted molar refractivity (Wildman–Crippen MR) is 72.5 cm³/mol. The summed E-state index contributed by atoms with van der Waals surface area (Å²) in [7, 11) is 0. The van der Waals surface area contributed by atoms with E-state index in [0.717, 1.165) is 17.3 Å². The van der Waals surface area contributed by atoms with Crippen molar-refractivity contribution in [2.45, 2.75) is 13.5 Å². The Morgan fingerprint density at radius 3 is 2.81 bits per heavy atom. The average Bonchev–Trinajstić information content (AvgIpc) is 2.81. The maximum absolute atomic E-state index is 13.4. The molecule has 0 unspecified atom stereocenters. The van der Waals surface area contributed by atoms with Crippen LogP contribution in [-0.2, 0) is 6.54 Å². The molecule has 2 aromatic rings. The summed E-state index contributed by atoms with van der Waals surface area (Å²) >= 11 is 0.